The molecule has 19 heavy (non-hydrogen) atoms. The van der Waals surface area contributed by atoms with E-state index in [-0.39, 0.29) is 11.5 Å². The van der Waals surface area contributed by atoms with Gasteiger partial charge in [-0.2, -0.15) is 0 Å². The van der Waals surface area contributed by atoms with Crippen LogP contribution in [0.5, 0.6) is 0 Å². The second-order valence-electron chi connectivity index (χ2n) is 5.28. The second kappa shape index (κ2) is 4.90. The fourth-order valence-electron chi connectivity index (χ4n) is 2.92. The first-order valence-electron chi connectivity index (χ1n) is 6.69. The Labute approximate surface area is 117 Å². The minimum absolute atomic E-state index is 0.206. The monoisotopic (exact) mass is 302 g/mol. The van der Waals surface area contributed by atoms with Crippen LogP contribution in [0.4, 0.5) is 5.95 Å². The van der Waals surface area contributed by atoms with Crippen LogP contribution in [-0.4, -0.2) is 47.8 Å². The van der Waals surface area contributed by atoms with E-state index < -0.39 is 9.84 Å². The average Bonchev–Trinajstić information content (AvgIpc) is 2.98. The molecule has 2 heterocycles. The molecule has 0 unspecified atom stereocenters. The molecule has 0 bridgehead atoms. The van der Waals surface area contributed by atoms with Gasteiger partial charge in [0.15, 0.2) is 14.6 Å². The SMILES string of the molecule is O=S1(=O)CCN(c2n[nH]c(=S)n2C2CCCC2)CC1. The summed E-state index contributed by atoms with van der Waals surface area (Å²) in [6, 6.07) is 0.416. The maximum atomic E-state index is 11.5. The van der Waals surface area contributed by atoms with Crippen LogP contribution < -0.4 is 4.90 Å². The summed E-state index contributed by atoms with van der Waals surface area (Å²) in [4.78, 5) is 2.03. The Morgan fingerprint density at radius 1 is 1.21 bits per heavy atom. The Hall–Kier alpha value is -0.890. The lowest BCUT2D eigenvalue weighted by Gasteiger charge is -2.28. The highest BCUT2D eigenvalue weighted by Crippen LogP contribution is 2.32. The molecule has 6 nitrogen and oxygen atoms in total. The van der Waals surface area contributed by atoms with E-state index in [0.717, 1.165) is 18.8 Å². The van der Waals surface area contributed by atoms with Crippen molar-refractivity contribution in [3.05, 3.63) is 4.77 Å². The van der Waals surface area contributed by atoms with Gasteiger partial charge in [-0.3, -0.25) is 4.57 Å². The van der Waals surface area contributed by atoms with Crippen LogP contribution in [-0.2, 0) is 9.84 Å². The average molecular weight is 302 g/mol. The molecule has 8 heteroatoms. The quantitative estimate of drug-likeness (QED) is 0.834. The van der Waals surface area contributed by atoms with E-state index in [0.29, 0.717) is 23.9 Å². The minimum atomic E-state index is -2.86. The first kappa shape index (κ1) is 13.1. The summed E-state index contributed by atoms with van der Waals surface area (Å²) in [7, 11) is -2.86. The Balaban J connectivity index is 1.87. The predicted octanol–water partition coefficient (Wildman–Crippen LogP) is 1.29. The standard InChI is InChI=1S/C11H18N4O2S2/c16-19(17)7-5-14(6-8-19)10-12-13-11(18)15(10)9-3-1-2-4-9/h9H,1-8H2,(H,13,18). The van der Waals surface area contributed by atoms with Gasteiger partial charge in [-0.15, -0.1) is 5.10 Å². The van der Waals surface area contributed by atoms with Crippen molar-refractivity contribution in [3.8, 4) is 0 Å². The van der Waals surface area contributed by atoms with Crippen molar-refractivity contribution in [2.75, 3.05) is 29.5 Å². The van der Waals surface area contributed by atoms with Gasteiger partial charge in [-0.1, -0.05) is 12.8 Å². The Kier molecular flexibility index (Phi) is 3.38. The number of sulfone groups is 1. The number of hydrogen-bond donors (Lipinski definition) is 1. The molecule has 2 fully saturated rings. The van der Waals surface area contributed by atoms with Crippen molar-refractivity contribution in [2.24, 2.45) is 0 Å². The highest BCUT2D eigenvalue weighted by molar-refractivity contribution is 7.91. The van der Waals surface area contributed by atoms with Crippen molar-refractivity contribution >= 4 is 28.0 Å². The summed E-state index contributed by atoms with van der Waals surface area (Å²) in [5.41, 5.74) is 0. The van der Waals surface area contributed by atoms with Crippen molar-refractivity contribution in [1.82, 2.24) is 14.8 Å². The van der Waals surface area contributed by atoms with Gasteiger partial charge in [-0.25, -0.2) is 13.5 Å². The first-order valence-corrected chi connectivity index (χ1v) is 8.92. The van der Waals surface area contributed by atoms with Crippen LogP contribution in [0.3, 0.4) is 0 Å². The third-order valence-electron chi connectivity index (χ3n) is 4.00. The normalized spacial score (nSPS) is 23.9. The minimum Gasteiger partial charge on any atom is -0.339 e. The summed E-state index contributed by atoms with van der Waals surface area (Å²) in [5.74, 6) is 1.22. The Morgan fingerprint density at radius 2 is 1.84 bits per heavy atom. The van der Waals surface area contributed by atoms with E-state index in [4.69, 9.17) is 12.2 Å². The molecule has 3 rings (SSSR count). The molecule has 1 aromatic rings. The van der Waals surface area contributed by atoms with Crippen molar-refractivity contribution in [3.63, 3.8) is 0 Å². The van der Waals surface area contributed by atoms with Crippen LogP contribution in [0, 0.1) is 4.77 Å². The molecule has 0 atom stereocenters. The first-order chi connectivity index (χ1) is 9.07. The van der Waals surface area contributed by atoms with Gasteiger partial charge in [0.25, 0.3) is 0 Å². The van der Waals surface area contributed by atoms with E-state index in [1.807, 2.05) is 4.90 Å². The maximum Gasteiger partial charge on any atom is 0.226 e. The van der Waals surface area contributed by atoms with E-state index >= 15 is 0 Å². The highest BCUT2D eigenvalue weighted by atomic mass is 32.2. The zero-order valence-electron chi connectivity index (χ0n) is 10.7. The van der Waals surface area contributed by atoms with Crippen LogP contribution in [0.15, 0.2) is 0 Å². The lowest BCUT2D eigenvalue weighted by Crippen LogP contribution is -2.41. The summed E-state index contributed by atoms with van der Waals surface area (Å²) < 4.78 is 25.7. The smallest absolute Gasteiger partial charge is 0.226 e. The van der Waals surface area contributed by atoms with E-state index in [1.165, 1.54) is 12.8 Å². The lowest BCUT2D eigenvalue weighted by atomic mass is 10.2. The van der Waals surface area contributed by atoms with Crippen LogP contribution in [0.2, 0.25) is 0 Å². The van der Waals surface area contributed by atoms with E-state index in [1.54, 1.807) is 0 Å². The molecular formula is C11H18N4O2S2. The van der Waals surface area contributed by atoms with Gasteiger partial charge in [0, 0.05) is 19.1 Å². The molecule has 0 spiro atoms. The fraction of sp³-hybridized carbons (Fsp3) is 0.818. The zero-order valence-corrected chi connectivity index (χ0v) is 12.3. The molecule has 1 saturated heterocycles. The molecule has 1 N–H and O–H groups in total. The topological polar surface area (TPSA) is 71.0 Å². The molecule has 2 aliphatic rings. The molecule has 1 aromatic heterocycles. The lowest BCUT2D eigenvalue weighted by molar-refractivity contribution is 0.505. The second-order valence-corrected chi connectivity index (χ2v) is 7.97. The molecule has 0 aromatic carbocycles. The third kappa shape index (κ3) is 2.55. The van der Waals surface area contributed by atoms with Crippen molar-refractivity contribution < 1.29 is 8.42 Å². The van der Waals surface area contributed by atoms with Gasteiger partial charge in [-0.05, 0) is 25.1 Å². The van der Waals surface area contributed by atoms with Crippen molar-refractivity contribution in [1.29, 1.82) is 0 Å². The summed E-state index contributed by atoms with van der Waals surface area (Å²) in [6.45, 7) is 1.02. The molecule has 1 aliphatic carbocycles. The van der Waals surface area contributed by atoms with Gasteiger partial charge in [0.1, 0.15) is 0 Å². The number of aromatic amines is 1. The van der Waals surface area contributed by atoms with E-state index in [9.17, 15) is 8.42 Å². The number of nitrogens with one attached hydrogen (secondary N) is 1. The summed E-state index contributed by atoms with van der Waals surface area (Å²) in [6.07, 6.45) is 4.72. The van der Waals surface area contributed by atoms with Gasteiger partial charge in [0.2, 0.25) is 5.95 Å². The van der Waals surface area contributed by atoms with Gasteiger partial charge < -0.3 is 4.90 Å². The number of rotatable bonds is 2. The highest BCUT2D eigenvalue weighted by Gasteiger charge is 2.28. The molecule has 106 valence electrons. The summed E-state index contributed by atoms with van der Waals surface area (Å²) >= 11 is 5.32. The number of H-pyrrole nitrogens is 1. The Bertz CT molecular complexity index is 599. The third-order valence-corrected chi connectivity index (χ3v) is 5.90. The molecular weight excluding hydrogens is 284 g/mol. The van der Waals surface area contributed by atoms with Gasteiger partial charge in [0.05, 0.1) is 11.5 Å². The predicted molar refractivity (Wildman–Crippen MR) is 75.8 cm³/mol. The zero-order chi connectivity index (χ0) is 13.5. The molecule has 0 radical (unpaired) electrons. The number of nitrogens with zero attached hydrogens (tertiary/aromatic N) is 3. The number of aromatic nitrogens is 3. The van der Waals surface area contributed by atoms with Crippen molar-refractivity contribution in [2.45, 2.75) is 31.7 Å². The molecule has 0 amide bonds. The maximum absolute atomic E-state index is 11.5. The number of anilines is 1. The van der Waals surface area contributed by atoms with Crippen LogP contribution in [0.1, 0.15) is 31.7 Å². The summed E-state index contributed by atoms with van der Waals surface area (Å²) in [5, 5.41) is 7.17. The van der Waals surface area contributed by atoms with E-state index in [2.05, 4.69) is 14.8 Å². The molecule has 1 saturated carbocycles. The fourth-order valence-corrected chi connectivity index (χ4v) is 4.40. The van der Waals surface area contributed by atoms with Crippen LogP contribution in [0.25, 0.3) is 0 Å². The largest absolute Gasteiger partial charge is 0.339 e. The molecule has 1 aliphatic heterocycles. The van der Waals surface area contributed by atoms with Crippen LogP contribution >= 0.6 is 12.2 Å². The number of hydrogen-bond acceptors (Lipinski definition) is 5. The Morgan fingerprint density at radius 3 is 2.47 bits per heavy atom. The van der Waals surface area contributed by atoms with Gasteiger partial charge >= 0.3 is 0 Å².